The number of anilines is 2. The van der Waals surface area contributed by atoms with Crippen molar-refractivity contribution in [2.75, 3.05) is 36.8 Å². The summed E-state index contributed by atoms with van der Waals surface area (Å²) < 4.78 is 0. The van der Waals surface area contributed by atoms with E-state index in [1.807, 2.05) is 29.2 Å². The first kappa shape index (κ1) is 20.2. The summed E-state index contributed by atoms with van der Waals surface area (Å²) in [4.78, 5) is 14.4. The fraction of sp³-hybridized carbons (Fsp3) is 0.435. The number of hydrogen-bond donors (Lipinski definition) is 3. The Morgan fingerprint density at radius 1 is 0.893 bits per heavy atom. The standard InChI is InChI=1S/C23H32N4O/c1-15-16(2)18(4)20(19(5)17(15)3)14-25-21-8-6-7-9-22(21)26-23(28)27-12-10-24-11-13-27/h6-9,24-25H,10-14H2,1-5H3,(H,26,28). The Labute approximate surface area is 168 Å². The van der Waals surface area contributed by atoms with E-state index in [1.54, 1.807) is 0 Å². The van der Waals surface area contributed by atoms with Gasteiger partial charge in [-0.3, -0.25) is 0 Å². The molecule has 0 radical (unpaired) electrons. The Balaban J connectivity index is 1.77. The zero-order chi connectivity index (χ0) is 20.3. The first-order valence-electron chi connectivity index (χ1n) is 10.1. The smallest absolute Gasteiger partial charge is 0.321 e. The minimum absolute atomic E-state index is 0.0369. The predicted molar refractivity (Wildman–Crippen MR) is 117 cm³/mol. The number of nitrogens with one attached hydrogen (secondary N) is 3. The molecule has 5 nitrogen and oxygen atoms in total. The van der Waals surface area contributed by atoms with Crippen molar-refractivity contribution in [2.45, 2.75) is 41.2 Å². The number of nitrogens with zero attached hydrogens (tertiary/aromatic N) is 1. The van der Waals surface area contributed by atoms with E-state index in [0.29, 0.717) is 0 Å². The van der Waals surface area contributed by atoms with Gasteiger partial charge in [0.05, 0.1) is 11.4 Å². The first-order valence-corrected chi connectivity index (χ1v) is 10.1. The predicted octanol–water partition coefficient (Wildman–Crippen LogP) is 4.28. The van der Waals surface area contributed by atoms with Gasteiger partial charge in [0.15, 0.2) is 0 Å². The average Bonchev–Trinajstić information content (AvgIpc) is 2.72. The van der Waals surface area contributed by atoms with Gasteiger partial charge in [-0.05, 0) is 80.1 Å². The average molecular weight is 381 g/mol. The van der Waals surface area contributed by atoms with Crippen molar-refractivity contribution in [1.82, 2.24) is 10.2 Å². The molecular formula is C23H32N4O. The van der Waals surface area contributed by atoms with Crippen LogP contribution in [0.1, 0.15) is 33.4 Å². The first-order chi connectivity index (χ1) is 13.4. The maximum absolute atomic E-state index is 12.6. The molecule has 0 spiro atoms. The number of urea groups is 1. The molecule has 1 fully saturated rings. The van der Waals surface area contributed by atoms with E-state index in [9.17, 15) is 4.79 Å². The molecule has 0 bridgehead atoms. The normalized spacial score (nSPS) is 14.1. The highest BCUT2D eigenvalue weighted by atomic mass is 16.2. The van der Waals surface area contributed by atoms with Crippen LogP contribution >= 0.6 is 0 Å². The van der Waals surface area contributed by atoms with E-state index in [0.717, 1.165) is 44.1 Å². The molecule has 1 heterocycles. The molecule has 0 atom stereocenters. The summed E-state index contributed by atoms with van der Waals surface area (Å²) in [7, 11) is 0. The van der Waals surface area contributed by atoms with Crippen molar-refractivity contribution in [3.8, 4) is 0 Å². The lowest BCUT2D eigenvalue weighted by molar-refractivity contribution is 0.204. The van der Waals surface area contributed by atoms with Crippen LogP contribution in [0, 0.1) is 34.6 Å². The second-order valence-electron chi connectivity index (χ2n) is 7.67. The van der Waals surface area contributed by atoms with E-state index in [2.05, 4.69) is 50.6 Å². The maximum Gasteiger partial charge on any atom is 0.321 e. The fourth-order valence-corrected chi connectivity index (χ4v) is 3.83. The van der Waals surface area contributed by atoms with Gasteiger partial charge in [0, 0.05) is 32.7 Å². The zero-order valence-electron chi connectivity index (χ0n) is 17.7. The van der Waals surface area contributed by atoms with Crippen LogP contribution in [0.15, 0.2) is 24.3 Å². The summed E-state index contributed by atoms with van der Waals surface area (Å²) >= 11 is 0. The quantitative estimate of drug-likeness (QED) is 0.742. The van der Waals surface area contributed by atoms with Crippen molar-refractivity contribution in [3.05, 3.63) is 57.6 Å². The topological polar surface area (TPSA) is 56.4 Å². The minimum atomic E-state index is -0.0369. The number of carbonyl (C=O) groups is 1. The molecule has 2 amide bonds. The van der Waals surface area contributed by atoms with Crippen molar-refractivity contribution >= 4 is 17.4 Å². The van der Waals surface area contributed by atoms with E-state index in [4.69, 9.17) is 0 Å². The Bertz CT molecular complexity index is 840. The third-order valence-electron chi connectivity index (χ3n) is 6.18. The monoisotopic (exact) mass is 380 g/mol. The molecule has 2 aromatic rings. The van der Waals surface area contributed by atoms with Crippen LogP contribution in [-0.2, 0) is 6.54 Å². The molecule has 28 heavy (non-hydrogen) atoms. The van der Waals surface area contributed by atoms with Gasteiger partial charge < -0.3 is 20.9 Å². The lowest BCUT2D eigenvalue weighted by Crippen LogP contribution is -2.48. The number of para-hydroxylation sites is 2. The SMILES string of the molecule is Cc1c(C)c(C)c(CNc2ccccc2NC(=O)N2CCNCC2)c(C)c1C. The third kappa shape index (κ3) is 4.14. The maximum atomic E-state index is 12.6. The van der Waals surface area contributed by atoms with Gasteiger partial charge in [0.25, 0.3) is 0 Å². The van der Waals surface area contributed by atoms with Gasteiger partial charge >= 0.3 is 6.03 Å². The fourth-order valence-electron chi connectivity index (χ4n) is 3.83. The number of rotatable bonds is 4. The number of carbonyl (C=O) groups excluding carboxylic acids is 1. The molecule has 150 valence electrons. The van der Waals surface area contributed by atoms with E-state index < -0.39 is 0 Å². The molecule has 0 saturated carbocycles. The Morgan fingerprint density at radius 2 is 1.43 bits per heavy atom. The lowest BCUT2D eigenvalue weighted by atomic mass is 9.89. The number of benzene rings is 2. The number of amides is 2. The molecule has 0 aliphatic carbocycles. The molecule has 1 aliphatic rings. The van der Waals surface area contributed by atoms with Crippen molar-refractivity contribution in [3.63, 3.8) is 0 Å². The van der Waals surface area contributed by atoms with Crippen LogP contribution < -0.4 is 16.0 Å². The molecule has 5 heteroatoms. The molecule has 2 aromatic carbocycles. The van der Waals surface area contributed by atoms with Crippen molar-refractivity contribution < 1.29 is 4.79 Å². The van der Waals surface area contributed by atoms with E-state index in [1.165, 1.54) is 33.4 Å². The van der Waals surface area contributed by atoms with Gasteiger partial charge in [-0.2, -0.15) is 0 Å². The summed E-state index contributed by atoms with van der Waals surface area (Å²) in [6.45, 7) is 14.9. The zero-order valence-corrected chi connectivity index (χ0v) is 17.7. The van der Waals surface area contributed by atoms with E-state index in [-0.39, 0.29) is 6.03 Å². The van der Waals surface area contributed by atoms with Crippen LogP contribution in [-0.4, -0.2) is 37.1 Å². The summed E-state index contributed by atoms with van der Waals surface area (Å²) in [5, 5.41) is 9.89. The molecule has 0 aromatic heterocycles. The molecule has 0 unspecified atom stereocenters. The number of piperazine rings is 1. The van der Waals surface area contributed by atoms with Crippen molar-refractivity contribution in [1.29, 1.82) is 0 Å². The highest BCUT2D eigenvalue weighted by molar-refractivity contribution is 5.93. The van der Waals surface area contributed by atoms with Gasteiger partial charge in [-0.25, -0.2) is 4.79 Å². The van der Waals surface area contributed by atoms with Gasteiger partial charge in [-0.15, -0.1) is 0 Å². The molecule has 1 saturated heterocycles. The van der Waals surface area contributed by atoms with Gasteiger partial charge in [-0.1, -0.05) is 12.1 Å². The van der Waals surface area contributed by atoms with E-state index >= 15 is 0 Å². The second-order valence-corrected chi connectivity index (χ2v) is 7.67. The Kier molecular flexibility index (Phi) is 6.25. The van der Waals surface area contributed by atoms with Gasteiger partial charge in [0.2, 0.25) is 0 Å². The van der Waals surface area contributed by atoms with Gasteiger partial charge in [0.1, 0.15) is 0 Å². The van der Waals surface area contributed by atoms with Crippen molar-refractivity contribution in [2.24, 2.45) is 0 Å². The highest BCUT2D eigenvalue weighted by Crippen LogP contribution is 2.28. The summed E-state index contributed by atoms with van der Waals surface area (Å²) in [5.41, 5.74) is 9.89. The molecular weight excluding hydrogens is 348 g/mol. The molecule has 1 aliphatic heterocycles. The van der Waals surface area contributed by atoms with Crippen LogP contribution in [0.5, 0.6) is 0 Å². The summed E-state index contributed by atoms with van der Waals surface area (Å²) in [6, 6.07) is 7.88. The number of hydrogen-bond acceptors (Lipinski definition) is 3. The second kappa shape index (κ2) is 8.65. The molecule has 3 rings (SSSR count). The summed E-state index contributed by atoms with van der Waals surface area (Å²) in [6.07, 6.45) is 0. The van der Waals surface area contributed by atoms with Crippen LogP contribution in [0.2, 0.25) is 0 Å². The highest BCUT2D eigenvalue weighted by Gasteiger charge is 2.17. The largest absolute Gasteiger partial charge is 0.379 e. The minimum Gasteiger partial charge on any atom is -0.379 e. The van der Waals surface area contributed by atoms with Crippen LogP contribution in [0.3, 0.4) is 0 Å². The third-order valence-corrected chi connectivity index (χ3v) is 6.18. The molecule has 3 N–H and O–H groups in total. The Hall–Kier alpha value is -2.53. The van der Waals surface area contributed by atoms with Crippen LogP contribution in [0.25, 0.3) is 0 Å². The van der Waals surface area contributed by atoms with Crippen LogP contribution in [0.4, 0.5) is 16.2 Å². The lowest BCUT2D eigenvalue weighted by Gasteiger charge is -2.28. The Morgan fingerprint density at radius 3 is 2.04 bits per heavy atom. The summed E-state index contributed by atoms with van der Waals surface area (Å²) in [5.74, 6) is 0.